The van der Waals surface area contributed by atoms with Crippen molar-refractivity contribution in [1.29, 1.82) is 0 Å². The van der Waals surface area contributed by atoms with Gasteiger partial charge in [-0.15, -0.1) is 0 Å². The molecule has 3 heterocycles. The van der Waals surface area contributed by atoms with E-state index in [1.807, 2.05) is 55.6 Å². The zero-order chi connectivity index (χ0) is 22.5. The molecule has 0 saturated heterocycles. The number of aliphatic hydroxyl groups is 1. The third kappa shape index (κ3) is 3.29. The van der Waals surface area contributed by atoms with E-state index in [1.165, 1.54) is 12.1 Å². The number of ether oxygens (including phenoxy) is 1. The van der Waals surface area contributed by atoms with Crippen LogP contribution in [0, 0.1) is 12.7 Å². The first kappa shape index (κ1) is 19.7. The minimum atomic E-state index is -1.05. The minimum Gasteiger partial charge on any atom is -0.488 e. The summed E-state index contributed by atoms with van der Waals surface area (Å²) in [5, 5.41) is 12.0. The summed E-state index contributed by atoms with van der Waals surface area (Å²) in [7, 11) is 0. The predicted octanol–water partition coefficient (Wildman–Crippen LogP) is 6.58. The number of fused-ring (bicyclic) bond motifs is 4. The van der Waals surface area contributed by atoms with Crippen LogP contribution in [0.5, 0.6) is 5.75 Å². The summed E-state index contributed by atoms with van der Waals surface area (Å²) in [5.41, 5.74) is 6.81. The van der Waals surface area contributed by atoms with Crippen LogP contribution in [-0.2, 0) is 6.61 Å². The number of hydrogen-bond acceptors (Lipinski definition) is 4. The molecule has 5 heteroatoms. The molecule has 0 bridgehead atoms. The summed E-state index contributed by atoms with van der Waals surface area (Å²) in [6.45, 7) is 2.46. The van der Waals surface area contributed by atoms with Crippen LogP contribution in [0.25, 0.3) is 33.4 Å². The van der Waals surface area contributed by atoms with Gasteiger partial charge in [0, 0.05) is 33.8 Å². The van der Waals surface area contributed by atoms with Crippen molar-refractivity contribution in [2.75, 3.05) is 0 Å². The van der Waals surface area contributed by atoms with Gasteiger partial charge in [0.2, 0.25) is 0 Å². The van der Waals surface area contributed by atoms with E-state index in [4.69, 9.17) is 14.1 Å². The molecule has 33 heavy (non-hydrogen) atoms. The summed E-state index contributed by atoms with van der Waals surface area (Å²) in [6, 6.07) is 21.6. The highest BCUT2D eigenvalue weighted by Gasteiger charge is 2.26. The molecular formula is C28H20FNO3. The van der Waals surface area contributed by atoms with E-state index in [2.05, 4.69) is 6.07 Å². The van der Waals surface area contributed by atoms with E-state index in [9.17, 15) is 9.50 Å². The molecule has 0 radical (unpaired) electrons. The summed E-state index contributed by atoms with van der Waals surface area (Å²) in [5.74, 6) is 0.872. The lowest BCUT2D eigenvalue weighted by atomic mass is 9.94. The van der Waals surface area contributed by atoms with Crippen LogP contribution < -0.4 is 4.74 Å². The zero-order valence-electron chi connectivity index (χ0n) is 17.9. The fraction of sp³-hybridized carbons (Fsp3) is 0.107. The van der Waals surface area contributed by atoms with Gasteiger partial charge in [-0.25, -0.2) is 4.39 Å². The van der Waals surface area contributed by atoms with Crippen LogP contribution in [0.2, 0.25) is 0 Å². The number of nitrogens with zero attached hydrogens (tertiary/aromatic N) is 1. The number of aliphatic hydroxyl groups excluding tert-OH is 1. The average molecular weight is 437 g/mol. The van der Waals surface area contributed by atoms with Gasteiger partial charge < -0.3 is 14.3 Å². The largest absolute Gasteiger partial charge is 0.488 e. The Morgan fingerprint density at radius 1 is 1.00 bits per heavy atom. The third-order valence-electron chi connectivity index (χ3n) is 6.09. The number of halogens is 1. The normalized spacial score (nSPS) is 13.3. The summed E-state index contributed by atoms with van der Waals surface area (Å²) in [6.07, 6.45) is 0.762. The van der Waals surface area contributed by atoms with E-state index in [0.717, 1.165) is 44.6 Å². The average Bonchev–Trinajstić information content (AvgIpc) is 3.23. The van der Waals surface area contributed by atoms with Gasteiger partial charge in [-0.1, -0.05) is 42.0 Å². The zero-order valence-corrected chi connectivity index (χ0v) is 17.9. The van der Waals surface area contributed by atoms with Crippen LogP contribution in [0.4, 0.5) is 4.39 Å². The van der Waals surface area contributed by atoms with Gasteiger partial charge in [0.15, 0.2) is 0 Å². The first-order chi connectivity index (χ1) is 16.1. The fourth-order valence-corrected chi connectivity index (χ4v) is 4.46. The molecule has 0 fully saturated rings. The van der Waals surface area contributed by atoms with Crippen molar-refractivity contribution in [2.45, 2.75) is 19.6 Å². The molecule has 162 valence electrons. The highest BCUT2D eigenvalue weighted by molar-refractivity contribution is 5.96. The molecule has 1 aliphatic rings. The molecule has 0 aliphatic carbocycles. The Morgan fingerprint density at radius 3 is 2.67 bits per heavy atom. The topological polar surface area (TPSA) is 55.5 Å². The van der Waals surface area contributed by atoms with Gasteiger partial charge in [-0.2, -0.15) is 0 Å². The third-order valence-corrected chi connectivity index (χ3v) is 6.09. The van der Waals surface area contributed by atoms with Crippen molar-refractivity contribution in [3.05, 3.63) is 107 Å². The quantitative estimate of drug-likeness (QED) is 0.346. The standard InChI is InChI=1S/C28H20FNO3/c1-16-6-11-23-22(12-16)26-19(15-32-23)13-18(14-30-26)25-21-4-2-3-5-24(21)33-28(25)27(31)17-7-9-20(29)10-8-17/h2-14,27,31H,15H2,1H3. The maximum Gasteiger partial charge on any atom is 0.146 e. The molecule has 5 aromatic rings. The highest BCUT2D eigenvalue weighted by Crippen LogP contribution is 2.43. The lowest BCUT2D eigenvalue weighted by molar-refractivity contribution is 0.193. The first-order valence-corrected chi connectivity index (χ1v) is 10.8. The van der Waals surface area contributed by atoms with E-state index in [-0.39, 0.29) is 5.82 Å². The van der Waals surface area contributed by atoms with Crippen LogP contribution in [0.15, 0.2) is 83.4 Å². The molecular weight excluding hydrogens is 417 g/mol. The molecule has 1 aliphatic heterocycles. The molecule has 0 amide bonds. The molecule has 1 atom stereocenters. The fourth-order valence-electron chi connectivity index (χ4n) is 4.46. The van der Waals surface area contributed by atoms with Crippen LogP contribution in [-0.4, -0.2) is 10.1 Å². The maximum atomic E-state index is 13.4. The SMILES string of the molecule is Cc1ccc2c(c1)-c1ncc(-c3c(C(O)c4ccc(F)cc4)oc4ccccc34)cc1CO2. The van der Waals surface area contributed by atoms with E-state index < -0.39 is 6.10 Å². The van der Waals surface area contributed by atoms with Gasteiger partial charge >= 0.3 is 0 Å². The Labute approximate surface area is 189 Å². The highest BCUT2D eigenvalue weighted by atomic mass is 19.1. The second kappa shape index (κ2) is 7.57. The predicted molar refractivity (Wildman–Crippen MR) is 124 cm³/mol. The number of pyridine rings is 1. The summed E-state index contributed by atoms with van der Waals surface area (Å²) >= 11 is 0. The Bertz CT molecular complexity index is 1500. The Hall–Kier alpha value is -3.96. The Kier molecular flexibility index (Phi) is 4.52. The number of rotatable bonds is 3. The molecule has 4 nitrogen and oxygen atoms in total. The van der Waals surface area contributed by atoms with Gasteiger partial charge in [-0.3, -0.25) is 4.98 Å². The number of benzene rings is 3. The molecule has 3 aromatic carbocycles. The Balaban J connectivity index is 1.52. The summed E-state index contributed by atoms with van der Waals surface area (Å²) < 4.78 is 25.5. The van der Waals surface area contributed by atoms with E-state index in [0.29, 0.717) is 23.5 Å². The van der Waals surface area contributed by atoms with Crippen molar-refractivity contribution in [3.63, 3.8) is 0 Å². The van der Waals surface area contributed by atoms with Crippen molar-refractivity contribution in [3.8, 4) is 28.1 Å². The molecule has 2 aromatic heterocycles. The van der Waals surface area contributed by atoms with Gasteiger partial charge in [0.1, 0.15) is 35.6 Å². The number of hydrogen-bond donors (Lipinski definition) is 1. The van der Waals surface area contributed by atoms with E-state index >= 15 is 0 Å². The molecule has 1 unspecified atom stereocenters. The smallest absolute Gasteiger partial charge is 0.146 e. The molecule has 6 rings (SSSR count). The monoisotopic (exact) mass is 437 g/mol. The first-order valence-electron chi connectivity index (χ1n) is 10.8. The Morgan fingerprint density at radius 2 is 1.82 bits per heavy atom. The lowest BCUT2D eigenvalue weighted by Gasteiger charge is -2.21. The van der Waals surface area contributed by atoms with Crippen LogP contribution >= 0.6 is 0 Å². The van der Waals surface area contributed by atoms with E-state index in [1.54, 1.807) is 12.1 Å². The number of aryl methyl sites for hydroxylation is 1. The second-order valence-electron chi connectivity index (χ2n) is 8.31. The van der Waals surface area contributed by atoms with Crippen molar-refractivity contribution < 1.29 is 18.7 Å². The molecule has 0 saturated carbocycles. The maximum absolute atomic E-state index is 13.4. The van der Waals surface area contributed by atoms with Gasteiger partial charge in [-0.05, 0) is 48.9 Å². The number of para-hydroxylation sites is 1. The van der Waals surface area contributed by atoms with Crippen LogP contribution in [0.1, 0.15) is 28.6 Å². The van der Waals surface area contributed by atoms with Gasteiger partial charge in [0.05, 0.1) is 5.69 Å². The molecule has 0 spiro atoms. The second-order valence-corrected chi connectivity index (χ2v) is 8.31. The van der Waals surface area contributed by atoms with Crippen molar-refractivity contribution in [2.24, 2.45) is 0 Å². The molecule has 1 N–H and O–H groups in total. The lowest BCUT2D eigenvalue weighted by Crippen LogP contribution is -2.08. The summed E-state index contributed by atoms with van der Waals surface area (Å²) in [4.78, 5) is 4.80. The van der Waals surface area contributed by atoms with Gasteiger partial charge in [0.25, 0.3) is 0 Å². The number of furan rings is 1. The van der Waals surface area contributed by atoms with Crippen molar-refractivity contribution >= 4 is 11.0 Å². The van der Waals surface area contributed by atoms with Crippen molar-refractivity contribution in [1.82, 2.24) is 4.98 Å². The number of aromatic nitrogens is 1. The minimum absolute atomic E-state index is 0.356. The van der Waals surface area contributed by atoms with Crippen LogP contribution in [0.3, 0.4) is 0 Å².